The number of nitrogen functional groups attached to an aromatic ring is 1. The van der Waals surface area contributed by atoms with Gasteiger partial charge in [0.1, 0.15) is 0 Å². The van der Waals surface area contributed by atoms with Crippen LogP contribution in [0.1, 0.15) is 34.8 Å². The van der Waals surface area contributed by atoms with Crippen LogP contribution in [0.5, 0.6) is 0 Å². The molecule has 1 saturated carbocycles. The van der Waals surface area contributed by atoms with Crippen LogP contribution in [0.2, 0.25) is 0 Å². The summed E-state index contributed by atoms with van der Waals surface area (Å²) in [5, 5.41) is 2.97. The summed E-state index contributed by atoms with van der Waals surface area (Å²) in [6.45, 7) is 7.18. The van der Waals surface area contributed by atoms with Crippen molar-refractivity contribution in [2.24, 2.45) is 11.3 Å². The molecule has 4 heteroatoms. The molecule has 1 amide bonds. The van der Waals surface area contributed by atoms with E-state index < -0.39 is 0 Å². The molecule has 0 aliphatic heterocycles. The molecule has 2 rings (SSSR count). The lowest BCUT2D eigenvalue weighted by Gasteiger charge is -2.04. The van der Waals surface area contributed by atoms with E-state index in [0.717, 1.165) is 11.4 Å². The minimum atomic E-state index is 0.00694. The van der Waals surface area contributed by atoms with Crippen molar-refractivity contribution < 1.29 is 4.79 Å². The predicted octanol–water partition coefficient (Wildman–Crippen LogP) is 2.41. The normalized spacial score (nSPS) is 21.8. The van der Waals surface area contributed by atoms with Crippen molar-refractivity contribution in [3.05, 3.63) is 15.8 Å². The number of carbonyl (C=O) groups is 1. The van der Waals surface area contributed by atoms with Gasteiger partial charge in [0.25, 0.3) is 5.91 Å². The van der Waals surface area contributed by atoms with E-state index in [1.54, 1.807) is 6.07 Å². The zero-order valence-electron chi connectivity index (χ0n) is 9.96. The molecule has 16 heavy (non-hydrogen) atoms. The van der Waals surface area contributed by atoms with Gasteiger partial charge in [-0.2, -0.15) is 0 Å². The summed E-state index contributed by atoms with van der Waals surface area (Å²) in [6.07, 6.45) is 1.21. The molecule has 0 spiro atoms. The Balaban J connectivity index is 1.89. The second-order valence-corrected chi connectivity index (χ2v) is 6.48. The minimum absolute atomic E-state index is 0.00694. The van der Waals surface area contributed by atoms with E-state index in [2.05, 4.69) is 19.2 Å². The molecule has 1 unspecified atom stereocenters. The SMILES string of the molecule is Cc1sc(C(=O)NCC2CC2(C)C)cc1N. The van der Waals surface area contributed by atoms with Gasteiger partial charge in [0.15, 0.2) is 0 Å². The van der Waals surface area contributed by atoms with Gasteiger partial charge in [0.2, 0.25) is 0 Å². The molecular formula is C12H18N2OS. The number of thiophene rings is 1. The molecule has 1 fully saturated rings. The van der Waals surface area contributed by atoms with E-state index in [1.165, 1.54) is 17.8 Å². The second-order valence-electron chi connectivity index (χ2n) is 5.22. The molecule has 1 atom stereocenters. The van der Waals surface area contributed by atoms with Crippen molar-refractivity contribution in [3.63, 3.8) is 0 Å². The van der Waals surface area contributed by atoms with Gasteiger partial charge < -0.3 is 11.1 Å². The van der Waals surface area contributed by atoms with Gasteiger partial charge in [-0.05, 0) is 30.7 Å². The molecule has 0 radical (unpaired) electrons. The molecule has 1 heterocycles. The summed E-state index contributed by atoms with van der Waals surface area (Å²) >= 11 is 1.46. The van der Waals surface area contributed by atoms with Crippen LogP contribution in [0.3, 0.4) is 0 Å². The summed E-state index contributed by atoms with van der Waals surface area (Å²) in [5.41, 5.74) is 6.84. The number of hydrogen-bond acceptors (Lipinski definition) is 3. The third-order valence-electron chi connectivity index (χ3n) is 3.41. The van der Waals surface area contributed by atoms with Gasteiger partial charge in [-0.15, -0.1) is 11.3 Å². The van der Waals surface area contributed by atoms with E-state index in [1.807, 2.05) is 6.92 Å². The summed E-state index contributed by atoms with van der Waals surface area (Å²) in [6, 6.07) is 1.76. The largest absolute Gasteiger partial charge is 0.398 e. The zero-order chi connectivity index (χ0) is 11.9. The highest BCUT2D eigenvalue weighted by molar-refractivity contribution is 7.14. The lowest BCUT2D eigenvalue weighted by Crippen LogP contribution is -2.25. The zero-order valence-corrected chi connectivity index (χ0v) is 10.8. The van der Waals surface area contributed by atoms with Crippen LogP contribution >= 0.6 is 11.3 Å². The molecule has 1 aromatic rings. The van der Waals surface area contributed by atoms with Crippen LogP contribution in [0.4, 0.5) is 5.69 Å². The number of nitrogens with two attached hydrogens (primary N) is 1. The van der Waals surface area contributed by atoms with E-state index in [4.69, 9.17) is 5.73 Å². The maximum absolute atomic E-state index is 11.8. The highest BCUT2D eigenvalue weighted by Crippen LogP contribution is 2.51. The topological polar surface area (TPSA) is 55.1 Å². The van der Waals surface area contributed by atoms with Gasteiger partial charge in [0.05, 0.1) is 4.88 Å². The minimum Gasteiger partial charge on any atom is -0.398 e. The number of nitrogens with one attached hydrogen (secondary N) is 1. The predicted molar refractivity (Wildman–Crippen MR) is 67.7 cm³/mol. The van der Waals surface area contributed by atoms with Gasteiger partial charge in [0, 0.05) is 17.1 Å². The Morgan fingerprint density at radius 1 is 1.69 bits per heavy atom. The summed E-state index contributed by atoms with van der Waals surface area (Å²) < 4.78 is 0. The fourth-order valence-electron chi connectivity index (χ4n) is 1.84. The lowest BCUT2D eigenvalue weighted by atomic mass is 10.1. The van der Waals surface area contributed by atoms with Gasteiger partial charge in [-0.3, -0.25) is 4.79 Å². The fraction of sp³-hybridized carbons (Fsp3) is 0.583. The van der Waals surface area contributed by atoms with Crippen LogP contribution in [-0.4, -0.2) is 12.5 Å². The third kappa shape index (κ3) is 2.21. The molecule has 1 aromatic heterocycles. The van der Waals surface area contributed by atoms with Crippen molar-refractivity contribution in [2.45, 2.75) is 27.2 Å². The fourth-order valence-corrected chi connectivity index (χ4v) is 2.69. The van der Waals surface area contributed by atoms with Gasteiger partial charge in [-0.25, -0.2) is 0 Å². The Kier molecular flexibility index (Phi) is 2.70. The first-order valence-electron chi connectivity index (χ1n) is 5.54. The first kappa shape index (κ1) is 11.5. The second kappa shape index (κ2) is 3.77. The third-order valence-corrected chi connectivity index (χ3v) is 4.47. The van der Waals surface area contributed by atoms with Crippen LogP contribution in [0.25, 0.3) is 0 Å². The number of rotatable bonds is 3. The van der Waals surface area contributed by atoms with Crippen LogP contribution in [-0.2, 0) is 0 Å². The molecule has 88 valence electrons. The van der Waals surface area contributed by atoms with Crippen LogP contribution in [0.15, 0.2) is 6.07 Å². The molecule has 3 nitrogen and oxygen atoms in total. The van der Waals surface area contributed by atoms with Crippen LogP contribution < -0.4 is 11.1 Å². The maximum atomic E-state index is 11.8. The van der Waals surface area contributed by atoms with Gasteiger partial charge in [-0.1, -0.05) is 13.8 Å². The van der Waals surface area contributed by atoms with Crippen molar-refractivity contribution in [3.8, 4) is 0 Å². The smallest absolute Gasteiger partial charge is 0.261 e. The van der Waals surface area contributed by atoms with Crippen molar-refractivity contribution in [1.29, 1.82) is 0 Å². The lowest BCUT2D eigenvalue weighted by molar-refractivity contribution is 0.0954. The molecule has 1 aliphatic carbocycles. The first-order valence-corrected chi connectivity index (χ1v) is 6.36. The number of amides is 1. The number of aryl methyl sites for hydroxylation is 1. The van der Waals surface area contributed by atoms with E-state index in [9.17, 15) is 4.79 Å². The van der Waals surface area contributed by atoms with Crippen molar-refractivity contribution >= 4 is 22.9 Å². The van der Waals surface area contributed by atoms with E-state index in [-0.39, 0.29) is 5.91 Å². The monoisotopic (exact) mass is 238 g/mol. The Morgan fingerprint density at radius 2 is 2.31 bits per heavy atom. The molecular weight excluding hydrogens is 220 g/mol. The summed E-state index contributed by atoms with van der Waals surface area (Å²) in [7, 11) is 0. The highest BCUT2D eigenvalue weighted by atomic mass is 32.1. The summed E-state index contributed by atoms with van der Waals surface area (Å²) in [4.78, 5) is 13.5. The standard InChI is InChI=1S/C12H18N2OS/c1-7-9(13)4-10(16-7)11(15)14-6-8-5-12(8,2)3/h4,8H,5-6,13H2,1-3H3,(H,14,15). The van der Waals surface area contributed by atoms with Gasteiger partial charge >= 0.3 is 0 Å². The molecule has 0 aromatic carbocycles. The first-order chi connectivity index (χ1) is 7.40. The quantitative estimate of drug-likeness (QED) is 0.849. The number of anilines is 1. The average molecular weight is 238 g/mol. The Bertz CT molecular complexity index is 403. The number of hydrogen-bond donors (Lipinski definition) is 2. The van der Waals surface area contributed by atoms with Crippen LogP contribution in [0, 0.1) is 18.3 Å². The van der Waals surface area contributed by atoms with Crippen molar-refractivity contribution in [1.82, 2.24) is 5.32 Å². The van der Waals surface area contributed by atoms with Crippen molar-refractivity contribution in [2.75, 3.05) is 12.3 Å². The highest BCUT2D eigenvalue weighted by Gasteiger charge is 2.45. The molecule has 1 aliphatic rings. The molecule has 0 saturated heterocycles. The Labute approximate surface area is 100 Å². The maximum Gasteiger partial charge on any atom is 0.261 e. The number of carbonyl (C=O) groups excluding carboxylic acids is 1. The van der Waals surface area contributed by atoms with E-state index >= 15 is 0 Å². The molecule has 3 N–H and O–H groups in total. The van der Waals surface area contributed by atoms with E-state index in [0.29, 0.717) is 21.9 Å². The average Bonchev–Trinajstić information content (AvgIpc) is 2.66. The Morgan fingerprint density at radius 3 is 2.75 bits per heavy atom. The summed E-state index contributed by atoms with van der Waals surface area (Å²) in [5.74, 6) is 0.641. The Hall–Kier alpha value is -1.03. The molecule has 0 bridgehead atoms.